The molecule has 0 radical (unpaired) electrons. The summed E-state index contributed by atoms with van der Waals surface area (Å²) in [6.07, 6.45) is 1.45. The molecule has 0 aliphatic rings. The van der Waals surface area contributed by atoms with E-state index in [4.69, 9.17) is 8.83 Å². The minimum atomic E-state index is -1.36. The monoisotopic (exact) mass is 402 g/mol. The van der Waals surface area contributed by atoms with Gasteiger partial charge in [0.1, 0.15) is 16.9 Å². The standard InChI is InChI=1S/C20H21NO6S/c1-9-11(3)26-16-7-17-13(5-12(9)16)10(2)14(20(25)27-17)6-18(22)21-15(8-28-4)19(23)24/h5,7,15H,6,8H2,1-4H3,(H,21,22)(H,23,24)/p-1/t15-/m0/s1. The van der Waals surface area contributed by atoms with Gasteiger partial charge in [0.2, 0.25) is 5.91 Å². The second kappa shape index (κ2) is 7.71. The number of furan rings is 1. The first-order valence-electron chi connectivity index (χ1n) is 8.68. The molecule has 1 amide bonds. The van der Waals surface area contributed by atoms with Crippen molar-refractivity contribution in [1.29, 1.82) is 0 Å². The van der Waals surface area contributed by atoms with Crippen LogP contribution in [-0.4, -0.2) is 29.9 Å². The summed E-state index contributed by atoms with van der Waals surface area (Å²) < 4.78 is 11.1. The lowest BCUT2D eigenvalue weighted by atomic mass is 10.0. The zero-order valence-electron chi connectivity index (χ0n) is 16.0. The second-order valence-corrected chi connectivity index (χ2v) is 7.60. The Hall–Kier alpha value is -2.74. The van der Waals surface area contributed by atoms with Gasteiger partial charge < -0.3 is 24.1 Å². The van der Waals surface area contributed by atoms with Crippen molar-refractivity contribution < 1.29 is 23.5 Å². The number of carbonyl (C=O) groups excluding carboxylic acids is 2. The van der Waals surface area contributed by atoms with Gasteiger partial charge in [0.05, 0.1) is 24.0 Å². The molecule has 0 bridgehead atoms. The summed E-state index contributed by atoms with van der Waals surface area (Å²) in [5, 5.41) is 15.1. The molecule has 1 N–H and O–H groups in total. The fourth-order valence-corrected chi connectivity index (χ4v) is 3.72. The molecular weight excluding hydrogens is 382 g/mol. The molecule has 1 aromatic carbocycles. The summed E-state index contributed by atoms with van der Waals surface area (Å²) in [5.74, 6) is -0.976. The average molecular weight is 402 g/mol. The number of benzene rings is 1. The molecule has 0 saturated carbocycles. The highest BCUT2D eigenvalue weighted by Gasteiger charge is 2.19. The highest BCUT2D eigenvalue weighted by Crippen LogP contribution is 2.30. The number of aliphatic carboxylic acids is 1. The molecule has 28 heavy (non-hydrogen) atoms. The first-order valence-corrected chi connectivity index (χ1v) is 10.1. The van der Waals surface area contributed by atoms with Gasteiger partial charge in [-0.05, 0) is 44.2 Å². The van der Waals surface area contributed by atoms with Crippen LogP contribution in [0.25, 0.3) is 21.9 Å². The lowest BCUT2D eigenvalue weighted by molar-refractivity contribution is -0.307. The highest BCUT2D eigenvalue weighted by molar-refractivity contribution is 7.98. The van der Waals surface area contributed by atoms with Crippen molar-refractivity contribution in [2.24, 2.45) is 0 Å². The van der Waals surface area contributed by atoms with Crippen LogP contribution in [0.4, 0.5) is 0 Å². The van der Waals surface area contributed by atoms with Crippen LogP contribution in [0.2, 0.25) is 0 Å². The number of aryl methyl sites for hydroxylation is 3. The number of nitrogens with one attached hydrogen (secondary N) is 1. The molecule has 0 saturated heterocycles. The summed E-state index contributed by atoms with van der Waals surface area (Å²) in [7, 11) is 0. The van der Waals surface area contributed by atoms with Gasteiger partial charge >= 0.3 is 5.63 Å². The van der Waals surface area contributed by atoms with Crippen molar-refractivity contribution in [3.05, 3.63) is 45.0 Å². The Labute approximate surface area is 165 Å². The fourth-order valence-electron chi connectivity index (χ4n) is 3.17. The van der Waals surface area contributed by atoms with Gasteiger partial charge in [-0.1, -0.05) is 0 Å². The molecular formula is C20H20NO6S-. The number of thioether (sulfide) groups is 1. The van der Waals surface area contributed by atoms with Crippen LogP contribution in [0.1, 0.15) is 22.5 Å². The Balaban J connectivity index is 2.00. The van der Waals surface area contributed by atoms with E-state index < -0.39 is 23.5 Å². The van der Waals surface area contributed by atoms with E-state index in [2.05, 4.69) is 5.32 Å². The van der Waals surface area contributed by atoms with Gasteiger partial charge in [-0.3, -0.25) is 4.79 Å². The maximum atomic E-state index is 12.4. The van der Waals surface area contributed by atoms with E-state index in [1.54, 1.807) is 19.2 Å². The normalized spacial score (nSPS) is 12.4. The Morgan fingerprint density at radius 2 is 1.75 bits per heavy atom. The molecule has 148 valence electrons. The lowest BCUT2D eigenvalue weighted by Crippen LogP contribution is -2.50. The van der Waals surface area contributed by atoms with Crippen molar-refractivity contribution in [3.8, 4) is 0 Å². The number of fused-ring (bicyclic) bond motifs is 2. The van der Waals surface area contributed by atoms with E-state index in [1.807, 2.05) is 19.9 Å². The molecule has 1 atom stereocenters. The van der Waals surface area contributed by atoms with E-state index in [0.29, 0.717) is 22.1 Å². The summed E-state index contributed by atoms with van der Waals surface area (Å²) in [4.78, 5) is 35.9. The molecule has 0 unspecified atom stereocenters. The Bertz CT molecular complexity index is 1140. The third-order valence-corrected chi connectivity index (χ3v) is 5.54. The zero-order valence-corrected chi connectivity index (χ0v) is 16.8. The molecule has 0 spiro atoms. The first kappa shape index (κ1) is 20.0. The molecule has 8 heteroatoms. The Kier molecular flexibility index (Phi) is 5.51. The minimum absolute atomic E-state index is 0.177. The van der Waals surface area contributed by atoms with E-state index >= 15 is 0 Å². The minimum Gasteiger partial charge on any atom is -0.548 e. The van der Waals surface area contributed by atoms with Gasteiger partial charge in [0.25, 0.3) is 0 Å². The molecule has 0 aliphatic heterocycles. The third-order valence-electron chi connectivity index (χ3n) is 4.87. The number of hydrogen-bond donors (Lipinski definition) is 1. The molecule has 2 heterocycles. The summed E-state index contributed by atoms with van der Waals surface area (Å²) in [6.45, 7) is 5.55. The predicted octanol–water partition coefficient (Wildman–Crippen LogP) is 1.60. The van der Waals surface area contributed by atoms with Gasteiger partial charge in [-0.15, -0.1) is 0 Å². The van der Waals surface area contributed by atoms with Crippen molar-refractivity contribution >= 4 is 45.6 Å². The first-order chi connectivity index (χ1) is 13.2. The van der Waals surface area contributed by atoms with E-state index in [-0.39, 0.29) is 17.7 Å². The number of carbonyl (C=O) groups is 2. The van der Waals surface area contributed by atoms with Gasteiger partial charge in [0.15, 0.2) is 0 Å². The van der Waals surface area contributed by atoms with Crippen LogP contribution in [0, 0.1) is 20.8 Å². The quantitative estimate of drug-likeness (QED) is 0.623. The van der Waals surface area contributed by atoms with E-state index in [9.17, 15) is 19.5 Å². The maximum absolute atomic E-state index is 12.4. The molecule has 7 nitrogen and oxygen atoms in total. The number of amides is 1. The van der Waals surface area contributed by atoms with Crippen LogP contribution < -0.4 is 16.0 Å². The topological polar surface area (TPSA) is 113 Å². The smallest absolute Gasteiger partial charge is 0.340 e. The van der Waals surface area contributed by atoms with Crippen LogP contribution in [0.5, 0.6) is 0 Å². The Morgan fingerprint density at radius 1 is 1.11 bits per heavy atom. The van der Waals surface area contributed by atoms with Crippen LogP contribution in [0.3, 0.4) is 0 Å². The third kappa shape index (κ3) is 3.64. The molecule has 0 fully saturated rings. The fraction of sp³-hybridized carbons (Fsp3) is 0.350. The largest absolute Gasteiger partial charge is 0.548 e. The van der Waals surface area contributed by atoms with E-state index in [1.165, 1.54) is 11.8 Å². The van der Waals surface area contributed by atoms with Crippen molar-refractivity contribution in [3.63, 3.8) is 0 Å². The lowest BCUT2D eigenvalue weighted by Gasteiger charge is -2.18. The van der Waals surface area contributed by atoms with E-state index in [0.717, 1.165) is 16.7 Å². The number of hydrogen-bond acceptors (Lipinski definition) is 7. The number of carboxylic acid groups (broad SMARTS) is 1. The van der Waals surface area contributed by atoms with Gasteiger partial charge in [-0.2, -0.15) is 11.8 Å². The van der Waals surface area contributed by atoms with Crippen molar-refractivity contribution in [2.75, 3.05) is 12.0 Å². The maximum Gasteiger partial charge on any atom is 0.340 e. The molecule has 2 aromatic heterocycles. The summed E-state index contributed by atoms with van der Waals surface area (Å²) in [5.41, 5.74) is 2.19. The second-order valence-electron chi connectivity index (χ2n) is 6.69. The summed E-state index contributed by atoms with van der Waals surface area (Å²) in [6, 6.07) is 2.44. The highest BCUT2D eigenvalue weighted by atomic mass is 32.2. The van der Waals surface area contributed by atoms with Crippen molar-refractivity contribution in [1.82, 2.24) is 5.32 Å². The van der Waals surface area contributed by atoms with Gasteiger partial charge in [0, 0.05) is 22.6 Å². The molecule has 3 aromatic rings. The molecule has 0 aliphatic carbocycles. The predicted molar refractivity (Wildman–Crippen MR) is 105 cm³/mol. The van der Waals surface area contributed by atoms with Crippen molar-refractivity contribution in [2.45, 2.75) is 33.2 Å². The van der Waals surface area contributed by atoms with Crippen LogP contribution in [-0.2, 0) is 16.0 Å². The van der Waals surface area contributed by atoms with Crippen LogP contribution >= 0.6 is 11.8 Å². The average Bonchev–Trinajstić information content (AvgIpc) is 2.90. The van der Waals surface area contributed by atoms with Crippen LogP contribution in [0.15, 0.2) is 25.8 Å². The number of carboxylic acids is 1. The zero-order chi connectivity index (χ0) is 20.6. The number of rotatable bonds is 6. The van der Waals surface area contributed by atoms with Gasteiger partial charge in [-0.25, -0.2) is 4.79 Å². The Morgan fingerprint density at radius 3 is 2.39 bits per heavy atom. The molecule has 3 rings (SSSR count). The SMILES string of the molecule is CSC[C@H](NC(=O)Cc1c(C)c2cc3c(C)c(C)oc3cc2oc1=O)C(=O)[O-]. The summed E-state index contributed by atoms with van der Waals surface area (Å²) >= 11 is 1.27.